The molecule has 14 heavy (non-hydrogen) atoms. The molecule has 0 fully saturated rings. The molecule has 2 aliphatic carbocycles. The van der Waals surface area contributed by atoms with Crippen molar-refractivity contribution in [3.05, 3.63) is 29.0 Å². The van der Waals surface area contributed by atoms with Gasteiger partial charge in [-0.3, -0.25) is 0 Å². The van der Waals surface area contributed by atoms with Crippen molar-refractivity contribution in [2.24, 2.45) is 0 Å². The first kappa shape index (κ1) is 7.12. The van der Waals surface area contributed by atoms with Crippen LogP contribution < -0.4 is 0 Å². The number of thiophene rings is 1. The molecule has 2 aliphatic rings. The Morgan fingerprint density at radius 1 is 1.43 bits per heavy atom. The lowest BCUT2D eigenvalue weighted by atomic mass is 9.80. The minimum Gasteiger partial charge on any atom is -0.244 e. The van der Waals surface area contributed by atoms with E-state index in [0.29, 0.717) is 0 Å². The van der Waals surface area contributed by atoms with Crippen molar-refractivity contribution in [1.29, 1.82) is 0 Å². The first-order valence-corrected chi connectivity index (χ1v) is 5.69. The van der Waals surface area contributed by atoms with E-state index >= 15 is 0 Å². The van der Waals surface area contributed by atoms with Crippen LogP contribution in [0.4, 0.5) is 0 Å². The first-order valence-electron chi connectivity index (χ1n) is 4.88. The molecule has 2 heterocycles. The molecule has 1 atom stereocenters. The Hall–Kier alpha value is -1.22. The number of allylic oxidation sites excluding steroid dienone is 2. The maximum Gasteiger partial charge on any atom is 0.127 e. The summed E-state index contributed by atoms with van der Waals surface area (Å²) in [7, 11) is 0. The normalized spacial score (nSPS) is 22.9. The molecule has 2 aromatic rings. The van der Waals surface area contributed by atoms with Crippen LogP contribution in [0.5, 0.6) is 0 Å². The van der Waals surface area contributed by atoms with Gasteiger partial charge in [0.05, 0.1) is 0 Å². The van der Waals surface area contributed by atoms with Gasteiger partial charge in [-0.25, -0.2) is 9.97 Å². The highest BCUT2D eigenvalue weighted by Crippen LogP contribution is 2.58. The Bertz CT molecular complexity index is 568. The molecular formula is C11H8N2S. The number of fused-ring (bicyclic) bond motifs is 6. The summed E-state index contributed by atoms with van der Waals surface area (Å²) in [5, 5.41) is 1.26. The number of hydrogen-bond donors (Lipinski definition) is 0. The van der Waals surface area contributed by atoms with Gasteiger partial charge in [-0.1, -0.05) is 6.08 Å². The highest BCUT2D eigenvalue weighted by atomic mass is 32.1. The zero-order chi connectivity index (χ0) is 9.12. The van der Waals surface area contributed by atoms with Gasteiger partial charge in [0.1, 0.15) is 11.2 Å². The summed E-state index contributed by atoms with van der Waals surface area (Å²) < 4.78 is 0. The molecule has 0 amide bonds. The fraction of sp³-hybridized carbons (Fsp3) is 0.273. The van der Waals surface area contributed by atoms with Gasteiger partial charge in [-0.2, -0.15) is 0 Å². The minimum atomic E-state index is 0.740. The number of aromatic nitrogens is 2. The van der Waals surface area contributed by atoms with E-state index in [4.69, 9.17) is 0 Å². The predicted octanol–water partition coefficient (Wildman–Crippen LogP) is 2.97. The number of hydrogen-bond acceptors (Lipinski definition) is 3. The molecule has 0 radical (unpaired) electrons. The van der Waals surface area contributed by atoms with Crippen LogP contribution in [0.1, 0.15) is 29.2 Å². The van der Waals surface area contributed by atoms with Crippen LogP contribution in [0.3, 0.4) is 0 Å². The summed E-state index contributed by atoms with van der Waals surface area (Å²) in [4.78, 5) is 11.1. The quantitative estimate of drug-likeness (QED) is 0.653. The standard InChI is InChI=1S/C11H8N2S/c1-2-6-7(3-1)10-9(6)8-4-12-5-13-11(8)14-10/h2,4-5,7H,1,3H2. The zero-order valence-corrected chi connectivity index (χ0v) is 8.34. The topological polar surface area (TPSA) is 25.8 Å². The summed E-state index contributed by atoms with van der Waals surface area (Å²) in [5.41, 5.74) is 3.01. The highest BCUT2D eigenvalue weighted by Gasteiger charge is 2.38. The molecule has 0 spiro atoms. The number of nitrogens with zero attached hydrogens (tertiary/aromatic N) is 2. The highest BCUT2D eigenvalue weighted by molar-refractivity contribution is 7.19. The second-order valence-corrected chi connectivity index (χ2v) is 4.90. The molecule has 68 valence electrons. The van der Waals surface area contributed by atoms with Crippen LogP contribution in [0.15, 0.2) is 18.6 Å². The predicted molar refractivity (Wildman–Crippen MR) is 57.4 cm³/mol. The fourth-order valence-corrected chi connectivity index (χ4v) is 3.87. The van der Waals surface area contributed by atoms with Crippen LogP contribution in [0, 0.1) is 0 Å². The summed E-state index contributed by atoms with van der Waals surface area (Å²) in [5.74, 6) is 0.740. The van der Waals surface area contributed by atoms with Crippen molar-refractivity contribution >= 4 is 27.1 Å². The van der Waals surface area contributed by atoms with E-state index in [1.807, 2.05) is 17.5 Å². The summed E-state index contributed by atoms with van der Waals surface area (Å²) in [6.45, 7) is 0. The Morgan fingerprint density at radius 2 is 2.43 bits per heavy atom. The van der Waals surface area contributed by atoms with Crippen molar-refractivity contribution < 1.29 is 0 Å². The van der Waals surface area contributed by atoms with E-state index in [-0.39, 0.29) is 0 Å². The molecule has 0 bridgehead atoms. The van der Waals surface area contributed by atoms with E-state index in [0.717, 1.165) is 10.7 Å². The average Bonchev–Trinajstić information content (AvgIpc) is 2.72. The molecule has 2 nitrogen and oxygen atoms in total. The van der Waals surface area contributed by atoms with E-state index in [9.17, 15) is 0 Å². The van der Waals surface area contributed by atoms with Crippen LogP contribution in [-0.2, 0) is 0 Å². The average molecular weight is 200 g/mol. The molecular weight excluding hydrogens is 192 g/mol. The van der Waals surface area contributed by atoms with Gasteiger partial charge in [0.2, 0.25) is 0 Å². The van der Waals surface area contributed by atoms with Crippen LogP contribution in [0.2, 0.25) is 0 Å². The van der Waals surface area contributed by atoms with Crippen molar-refractivity contribution in [2.45, 2.75) is 18.8 Å². The lowest BCUT2D eigenvalue weighted by molar-refractivity contribution is 0.797. The van der Waals surface area contributed by atoms with Gasteiger partial charge < -0.3 is 0 Å². The molecule has 0 saturated heterocycles. The van der Waals surface area contributed by atoms with Crippen molar-refractivity contribution in [3.8, 4) is 0 Å². The maximum atomic E-state index is 4.31. The molecule has 0 saturated carbocycles. The second-order valence-electron chi connectivity index (χ2n) is 3.87. The SMILES string of the molecule is C1=C2c3c(sc4ncncc34)C2CC1. The lowest BCUT2D eigenvalue weighted by Gasteiger charge is -2.25. The smallest absolute Gasteiger partial charge is 0.127 e. The summed E-state index contributed by atoms with van der Waals surface area (Å²) in [6, 6.07) is 0. The third-order valence-electron chi connectivity index (χ3n) is 3.20. The molecule has 1 unspecified atom stereocenters. The molecule has 0 aromatic carbocycles. The molecule has 4 rings (SSSR count). The van der Waals surface area contributed by atoms with Gasteiger partial charge in [0, 0.05) is 27.9 Å². The zero-order valence-electron chi connectivity index (χ0n) is 7.53. The minimum absolute atomic E-state index is 0.740. The Labute approximate surface area is 85.3 Å². The molecule has 0 N–H and O–H groups in total. The van der Waals surface area contributed by atoms with Crippen molar-refractivity contribution in [1.82, 2.24) is 9.97 Å². The Balaban J connectivity index is 2.14. The van der Waals surface area contributed by atoms with Crippen LogP contribution >= 0.6 is 11.3 Å². The van der Waals surface area contributed by atoms with Gasteiger partial charge in [0.15, 0.2) is 0 Å². The van der Waals surface area contributed by atoms with E-state index in [2.05, 4.69) is 16.0 Å². The molecule has 2 aromatic heterocycles. The monoisotopic (exact) mass is 200 g/mol. The van der Waals surface area contributed by atoms with E-state index in [1.54, 1.807) is 16.8 Å². The largest absolute Gasteiger partial charge is 0.244 e. The van der Waals surface area contributed by atoms with Crippen LogP contribution in [0.25, 0.3) is 15.8 Å². The number of rotatable bonds is 0. The second kappa shape index (κ2) is 2.23. The summed E-state index contributed by atoms with van der Waals surface area (Å²) in [6.07, 6.45) is 8.53. The van der Waals surface area contributed by atoms with Crippen molar-refractivity contribution in [2.75, 3.05) is 0 Å². The van der Waals surface area contributed by atoms with Gasteiger partial charge in [-0.15, -0.1) is 11.3 Å². The molecule has 0 aliphatic heterocycles. The maximum absolute atomic E-state index is 4.31. The first-order chi connectivity index (χ1) is 6.95. The van der Waals surface area contributed by atoms with Crippen molar-refractivity contribution in [3.63, 3.8) is 0 Å². The van der Waals surface area contributed by atoms with E-state index < -0.39 is 0 Å². The molecule has 3 heteroatoms. The fourth-order valence-electron chi connectivity index (χ4n) is 2.58. The van der Waals surface area contributed by atoms with Gasteiger partial charge >= 0.3 is 0 Å². The van der Waals surface area contributed by atoms with E-state index in [1.165, 1.54) is 23.8 Å². The van der Waals surface area contributed by atoms with Gasteiger partial charge in [0.25, 0.3) is 0 Å². The van der Waals surface area contributed by atoms with Gasteiger partial charge in [-0.05, 0) is 18.4 Å². The lowest BCUT2D eigenvalue weighted by Crippen LogP contribution is -2.08. The summed E-state index contributed by atoms with van der Waals surface area (Å²) >= 11 is 1.85. The third kappa shape index (κ3) is 0.652. The Morgan fingerprint density at radius 3 is 3.43 bits per heavy atom. The third-order valence-corrected chi connectivity index (χ3v) is 4.43. The van der Waals surface area contributed by atoms with Crippen LogP contribution in [-0.4, -0.2) is 9.97 Å². The Kier molecular flexibility index (Phi) is 1.13.